The van der Waals surface area contributed by atoms with Crippen LogP contribution in [0.1, 0.15) is 13.3 Å². The zero-order valence-corrected chi connectivity index (χ0v) is 12.0. The summed E-state index contributed by atoms with van der Waals surface area (Å²) in [5.74, 6) is -0.540. The van der Waals surface area contributed by atoms with Crippen LogP contribution in [0.4, 0.5) is 4.79 Å². The van der Waals surface area contributed by atoms with Gasteiger partial charge < -0.3 is 10.5 Å². The van der Waals surface area contributed by atoms with Crippen molar-refractivity contribution in [3.63, 3.8) is 0 Å². The normalized spacial score (nSPS) is 12.1. The van der Waals surface area contributed by atoms with E-state index in [2.05, 4.69) is 10.2 Å². The summed E-state index contributed by atoms with van der Waals surface area (Å²) in [5, 5.41) is 7.91. The summed E-state index contributed by atoms with van der Waals surface area (Å²) in [6.45, 7) is 2.52. The molecule has 4 N–H and O–H groups in total. The number of methoxy groups -OCH3 is 1. The van der Waals surface area contributed by atoms with Gasteiger partial charge in [-0.05, 0) is 13.3 Å². The van der Waals surface area contributed by atoms with E-state index in [0.29, 0.717) is 24.7 Å². The Kier molecular flexibility index (Phi) is 6.25. The lowest BCUT2D eigenvalue weighted by atomic mass is 10.4. The summed E-state index contributed by atoms with van der Waals surface area (Å²) in [6, 6.07) is -0.915. The number of nitrogens with zero attached hydrogens (tertiary/aromatic N) is 2. The summed E-state index contributed by atoms with van der Waals surface area (Å²) < 4.78 is 6.33. The van der Waals surface area contributed by atoms with Gasteiger partial charge in [-0.15, -0.1) is 5.10 Å². The summed E-state index contributed by atoms with van der Waals surface area (Å²) in [7, 11) is 1.57. The molecule has 1 heterocycles. The summed E-state index contributed by atoms with van der Waals surface area (Å²) in [5.41, 5.74) is 4.51. The first-order valence-corrected chi connectivity index (χ1v) is 6.74. The van der Waals surface area contributed by atoms with E-state index in [9.17, 15) is 14.4 Å². The number of hydrogen-bond donors (Lipinski definition) is 3. The molecule has 0 aromatic carbocycles. The summed E-state index contributed by atoms with van der Waals surface area (Å²) in [6.07, 6.45) is 0.644. The van der Waals surface area contributed by atoms with Gasteiger partial charge >= 0.3 is 11.7 Å². The minimum Gasteiger partial charge on any atom is -0.385 e. The largest absolute Gasteiger partial charge is 0.385 e. The average Bonchev–Trinajstić information content (AvgIpc) is 2.70. The van der Waals surface area contributed by atoms with Crippen LogP contribution >= 0.6 is 11.8 Å². The average molecular weight is 303 g/mol. The predicted octanol–water partition coefficient (Wildman–Crippen LogP) is -0.717. The Balaban J connectivity index is 2.69. The van der Waals surface area contributed by atoms with Crippen molar-refractivity contribution in [1.29, 1.82) is 0 Å². The molecule has 1 atom stereocenters. The van der Waals surface area contributed by atoms with Crippen LogP contribution in [0.15, 0.2) is 9.95 Å². The molecule has 0 aliphatic carbocycles. The van der Waals surface area contributed by atoms with Crippen LogP contribution < -0.4 is 16.7 Å². The number of amides is 3. The third-order valence-corrected chi connectivity index (χ3v) is 3.44. The second-order valence-electron chi connectivity index (χ2n) is 3.92. The molecule has 0 unspecified atom stereocenters. The molecule has 1 aromatic heterocycles. The lowest BCUT2D eigenvalue weighted by Crippen LogP contribution is -2.39. The van der Waals surface area contributed by atoms with Gasteiger partial charge in [0.1, 0.15) is 0 Å². The third-order valence-electron chi connectivity index (χ3n) is 2.35. The van der Waals surface area contributed by atoms with Crippen molar-refractivity contribution in [2.24, 2.45) is 5.73 Å². The number of urea groups is 1. The minimum atomic E-state index is -0.915. The smallest absolute Gasteiger partial charge is 0.343 e. The Morgan fingerprint density at radius 1 is 1.60 bits per heavy atom. The van der Waals surface area contributed by atoms with Crippen LogP contribution in [0, 0.1) is 0 Å². The second kappa shape index (κ2) is 7.70. The molecule has 3 amide bonds. The van der Waals surface area contributed by atoms with Crippen LogP contribution in [0.25, 0.3) is 0 Å². The first-order chi connectivity index (χ1) is 9.45. The van der Waals surface area contributed by atoms with Crippen LogP contribution in [0.2, 0.25) is 0 Å². The van der Waals surface area contributed by atoms with E-state index in [-0.39, 0.29) is 5.69 Å². The fourth-order valence-electron chi connectivity index (χ4n) is 1.39. The van der Waals surface area contributed by atoms with Gasteiger partial charge in [0.15, 0.2) is 5.16 Å². The first kappa shape index (κ1) is 16.2. The number of aromatic nitrogens is 3. The van der Waals surface area contributed by atoms with E-state index in [1.54, 1.807) is 14.0 Å². The van der Waals surface area contributed by atoms with Gasteiger partial charge in [-0.1, -0.05) is 11.8 Å². The fraction of sp³-hybridized carbons (Fsp3) is 0.600. The number of nitrogens with one attached hydrogen (secondary N) is 2. The number of carbonyl (C=O) groups excluding carboxylic acids is 2. The number of H-pyrrole nitrogens is 1. The van der Waals surface area contributed by atoms with E-state index in [4.69, 9.17) is 10.5 Å². The molecule has 112 valence electrons. The van der Waals surface area contributed by atoms with E-state index in [0.717, 1.165) is 11.8 Å². The van der Waals surface area contributed by atoms with Crippen molar-refractivity contribution in [2.45, 2.75) is 30.3 Å². The number of thioether (sulfide) groups is 1. The molecule has 9 nitrogen and oxygen atoms in total. The van der Waals surface area contributed by atoms with Crippen molar-refractivity contribution in [1.82, 2.24) is 20.1 Å². The number of aromatic amines is 1. The third kappa shape index (κ3) is 4.70. The van der Waals surface area contributed by atoms with E-state index >= 15 is 0 Å². The molecular formula is C10H17N5O4S. The Bertz CT molecular complexity index is 526. The molecule has 0 bridgehead atoms. The highest BCUT2D eigenvalue weighted by atomic mass is 32.2. The molecule has 0 aliphatic rings. The Hall–Kier alpha value is -1.81. The topological polar surface area (TPSA) is 132 Å². The van der Waals surface area contributed by atoms with E-state index in [1.165, 1.54) is 4.57 Å². The zero-order valence-electron chi connectivity index (χ0n) is 11.2. The quantitative estimate of drug-likeness (QED) is 0.450. The summed E-state index contributed by atoms with van der Waals surface area (Å²) >= 11 is 1.06. The van der Waals surface area contributed by atoms with E-state index in [1.807, 2.05) is 5.32 Å². The molecule has 0 spiro atoms. The molecular weight excluding hydrogens is 286 g/mol. The minimum absolute atomic E-state index is 0.355. The number of nitrogens with two attached hydrogens (primary N) is 1. The van der Waals surface area contributed by atoms with Gasteiger partial charge in [0, 0.05) is 20.3 Å². The number of ether oxygens (including phenoxy) is 1. The van der Waals surface area contributed by atoms with Gasteiger partial charge in [0.05, 0.1) is 5.25 Å². The Morgan fingerprint density at radius 2 is 2.30 bits per heavy atom. The van der Waals surface area contributed by atoms with Gasteiger partial charge in [-0.2, -0.15) is 0 Å². The maximum Gasteiger partial charge on any atom is 0.343 e. The highest BCUT2D eigenvalue weighted by molar-refractivity contribution is 8.00. The van der Waals surface area contributed by atoms with Crippen molar-refractivity contribution in [3.05, 3.63) is 10.5 Å². The molecule has 10 heteroatoms. The molecule has 1 rings (SSSR count). The molecule has 0 saturated carbocycles. The lowest BCUT2D eigenvalue weighted by molar-refractivity contribution is -0.119. The number of carbonyl (C=O) groups is 2. The first-order valence-electron chi connectivity index (χ1n) is 5.86. The van der Waals surface area contributed by atoms with Gasteiger partial charge in [-0.3, -0.25) is 14.7 Å². The molecule has 0 fully saturated rings. The summed E-state index contributed by atoms with van der Waals surface area (Å²) in [4.78, 5) is 33.7. The Labute approximate surface area is 119 Å². The maximum atomic E-state index is 11.6. The Morgan fingerprint density at radius 3 is 2.90 bits per heavy atom. The zero-order chi connectivity index (χ0) is 15.1. The van der Waals surface area contributed by atoms with Gasteiger partial charge in [0.25, 0.3) is 0 Å². The van der Waals surface area contributed by atoms with Crippen LogP contribution in [0.5, 0.6) is 0 Å². The second-order valence-corrected chi connectivity index (χ2v) is 5.23. The number of primary amides is 1. The number of hydrogen-bond acceptors (Lipinski definition) is 6. The maximum absolute atomic E-state index is 11.6. The molecule has 0 radical (unpaired) electrons. The fourth-order valence-corrected chi connectivity index (χ4v) is 2.27. The van der Waals surface area contributed by atoms with Crippen molar-refractivity contribution in [2.75, 3.05) is 13.7 Å². The molecule has 0 aliphatic heterocycles. The number of imide groups is 1. The monoisotopic (exact) mass is 303 g/mol. The lowest BCUT2D eigenvalue weighted by Gasteiger charge is -2.10. The van der Waals surface area contributed by atoms with E-state index < -0.39 is 17.2 Å². The number of rotatable bonds is 7. The molecule has 0 saturated heterocycles. The van der Waals surface area contributed by atoms with Crippen LogP contribution in [-0.2, 0) is 16.1 Å². The predicted molar refractivity (Wildman–Crippen MR) is 72.4 cm³/mol. The highest BCUT2D eigenvalue weighted by Crippen LogP contribution is 2.19. The van der Waals surface area contributed by atoms with Crippen molar-refractivity contribution >= 4 is 23.7 Å². The van der Waals surface area contributed by atoms with Crippen molar-refractivity contribution in [3.8, 4) is 0 Å². The SMILES string of the molecule is COCCCn1c(S[C@H](C)C(=O)NC(N)=O)n[nH]c1=O. The van der Waals surface area contributed by atoms with Crippen molar-refractivity contribution < 1.29 is 14.3 Å². The van der Waals surface area contributed by atoms with Gasteiger partial charge in [-0.25, -0.2) is 14.7 Å². The van der Waals surface area contributed by atoms with Gasteiger partial charge in [0.2, 0.25) is 5.91 Å². The standard InChI is InChI=1S/C10H17N5O4S/c1-6(7(16)12-8(11)17)20-10-14-13-9(18)15(10)4-3-5-19-2/h6H,3-5H2,1-2H3,(H,13,18)(H3,11,12,16,17)/t6-/m1/s1. The van der Waals surface area contributed by atoms with Crippen LogP contribution in [0.3, 0.4) is 0 Å². The highest BCUT2D eigenvalue weighted by Gasteiger charge is 2.19. The van der Waals surface area contributed by atoms with Crippen LogP contribution in [-0.4, -0.2) is 45.7 Å². The molecule has 1 aromatic rings. The molecule has 20 heavy (non-hydrogen) atoms.